The van der Waals surface area contributed by atoms with E-state index in [0.717, 1.165) is 0 Å². The van der Waals surface area contributed by atoms with Gasteiger partial charge in [0, 0.05) is 59.9 Å². The maximum absolute atomic E-state index is 12.3. The third-order valence-corrected chi connectivity index (χ3v) is 5.39. The van der Waals surface area contributed by atoms with Crippen LogP contribution < -0.4 is 0 Å². The van der Waals surface area contributed by atoms with Crippen molar-refractivity contribution >= 4 is 55.6 Å². The Kier molecular flexibility index (Phi) is 8.28. The molecule has 2 aromatic rings. The number of amides is 2. The van der Waals surface area contributed by atoms with E-state index in [4.69, 9.17) is 9.47 Å². The first-order valence-corrected chi connectivity index (χ1v) is 11.0. The lowest BCUT2D eigenvalue weighted by Gasteiger charge is -2.34. The van der Waals surface area contributed by atoms with E-state index in [1.165, 1.54) is 34.6 Å². The van der Waals surface area contributed by atoms with Gasteiger partial charge in [0.05, 0.1) is 11.1 Å². The summed E-state index contributed by atoms with van der Waals surface area (Å²) in [7, 11) is 0. The summed E-state index contributed by atoms with van der Waals surface area (Å²) < 4.78 is 11.3. The highest BCUT2D eigenvalue weighted by Gasteiger charge is 2.25. The summed E-state index contributed by atoms with van der Waals surface area (Å²) >= 11 is 6.43. The molecule has 0 spiro atoms. The van der Waals surface area contributed by atoms with E-state index in [0.29, 0.717) is 8.95 Å². The van der Waals surface area contributed by atoms with Gasteiger partial charge in [0.1, 0.15) is 0 Å². The molecule has 1 fully saturated rings. The summed E-state index contributed by atoms with van der Waals surface area (Å²) in [5.41, 5.74) is 0.464. The van der Waals surface area contributed by atoms with Crippen LogP contribution in [0.1, 0.15) is 20.7 Å². The van der Waals surface area contributed by atoms with Crippen molar-refractivity contribution in [3.05, 3.63) is 57.0 Å². The highest BCUT2D eigenvalue weighted by atomic mass is 79.9. The highest BCUT2D eigenvalue weighted by molar-refractivity contribution is 9.10. The molecule has 0 saturated carbocycles. The summed E-state index contributed by atoms with van der Waals surface area (Å²) in [6.07, 6.45) is 5.76. The van der Waals surface area contributed by atoms with Crippen LogP contribution in [-0.2, 0) is 19.1 Å². The molecule has 0 atom stereocenters. The number of carbonyl (C=O) groups is 4. The van der Waals surface area contributed by atoms with Gasteiger partial charge >= 0.3 is 11.9 Å². The molecule has 1 saturated heterocycles. The second-order valence-electron chi connectivity index (χ2n) is 6.70. The number of esters is 2. The number of hydrogen-bond donors (Lipinski definition) is 0. The number of rotatable bonds is 6. The van der Waals surface area contributed by atoms with Crippen molar-refractivity contribution in [1.82, 2.24) is 19.8 Å². The minimum absolute atomic E-state index is 0.232. The molecule has 12 heteroatoms. The van der Waals surface area contributed by atoms with Crippen LogP contribution in [0.2, 0.25) is 0 Å². The Morgan fingerprint density at radius 3 is 1.44 bits per heavy atom. The van der Waals surface area contributed by atoms with Gasteiger partial charge < -0.3 is 19.3 Å². The van der Waals surface area contributed by atoms with Gasteiger partial charge in [-0.3, -0.25) is 19.6 Å². The molecule has 0 bridgehead atoms. The number of pyridine rings is 2. The lowest BCUT2D eigenvalue weighted by molar-refractivity contribution is -0.142. The van der Waals surface area contributed by atoms with Crippen molar-refractivity contribution < 1.29 is 28.7 Å². The molecule has 0 unspecified atom stereocenters. The number of hydrogen-bond acceptors (Lipinski definition) is 8. The average molecular weight is 570 g/mol. The molecule has 0 aromatic carbocycles. The first-order chi connectivity index (χ1) is 15.3. The van der Waals surface area contributed by atoms with Crippen LogP contribution in [0.15, 0.2) is 45.9 Å². The quantitative estimate of drug-likeness (QED) is 0.482. The van der Waals surface area contributed by atoms with Gasteiger partial charge in [-0.1, -0.05) is 0 Å². The molecule has 3 heterocycles. The largest absolute Gasteiger partial charge is 0.452 e. The van der Waals surface area contributed by atoms with Gasteiger partial charge in [-0.25, -0.2) is 9.59 Å². The van der Waals surface area contributed by atoms with E-state index in [1.54, 1.807) is 12.1 Å². The fourth-order valence-corrected chi connectivity index (χ4v) is 3.59. The SMILES string of the molecule is O=C(OCC(=O)N1CCN(C(=O)COC(=O)c2cncc(Br)c2)CC1)c1cncc(Br)c1. The first-order valence-electron chi connectivity index (χ1n) is 9.44. The summed E-state index contributed by atoms with van der Waals surface area (Å²) in [6.45, 7) is 0.317. The average Bonchev–Trinajstić information content (AvgIpc) is 2.80. The topological polar surface area (TPSA) is 119 Å². The van der Waals surface area contributed by atoms with Crippen LogP contribution in [-0.4, -0.2) is 82.9 Å². The molecule has 3 rings (SSSR count). The van der Waals surface area contributed by atoms with Crippen LogP contribution >= 0.6 is 31.9 Å². The zero-order chi connectivity index (χ0) is 23.1. The number of nitrogens with zero attached hydrogens (tertiary/aromatic N) is 4. The van der Waals surface area contributed by atoms with E-state index in [1.807, 2.05) is 0 Å². The fourth-order valence-electron chi connectivity index (χ4n) is 2.86. The second kappa shape index (κ2) is 11.1. The summed E-state index contributed by atoms with van der Waals surface area (Å²) in [5.74, 6) is -2.02. The Morgan fingerprint density at radius 2 is 1.09 bits per heavy atom. The summed E-state index contributed by atoms with van der Waals surface area (Å²) in [5, 5.41) is 0. The van der Waals surface area contributed by atoms with Crippen molar-refractivity contribution in [2.24, 2.45) is 0 Å². The van der Waals surface area contributed by atoms with E-state index in [9.17, 15) is 19.2 Å². The van der Waals surface area contributed by atoms with Gasteiger partial charge in [-0.2, -0.15) is 0 Å². The van der Waals surface area contributed by atoms with Crippen molar-refractivity contribution in [1.29, 1.82) is 0 Å². The summed E-state index contributed by atoms with van der Waals surface area (Å²) in [6, 6.07) is 3.09. The predicted octanol–water partition coefficient (Wildman–Crippen LogP) is 1.69. The molecule has 0 radical (unpaired) electrons. The molecule has 0 N–H and O–H groups in total. The highest BCUT2D eigenvalue weighted by Crippen LogP contribution is 2.12. The normalized spacial score (nSPS) is 13.4. The van der Waals surface area contributed by atoms with Gasteiger partial charge in [-0.15, -0.1) is 0 Å². The van der Waals surface area contributed by atoms with Crippen LogP contribution in [0.4, 0.5) is 0 Å². The number of piperazine rings is 1. The standard InChI is InChI=1S/C20H18Br2N4O6/c21-15-5-13(7-23-9-15)19(29)31-11-17(27)25-1-2-26(4-3-25)18(28)12-32-20(30)14-6-16(22)10-24-8-14/h5-10H,1-4,11-12H2. The molecule has 2 aromatic heterocycles. The number of halogens is 2. The Bertz CT molecular complexity index is 945. The number of aromatic nitrogens is 2. The van der Waals surface area contributed by atoms with Crippen LogP contribution in [0, 0.1) is 0 Å². The second-order valence-corrected chi connectivity index (χ2v) is 8.53. The fraction of sp³-hybridized carbons (Fsp3) is 0.300. The van der Waals surface area contributed by atoms with Gasteiger partial charge in [-0.05, 0) is 44.0 Å². The molecule has 2 amide bonds. The Morgan fingerprint density at radius 1 is 0.719 bits per heavy atom. The van der Waals surface area contributed by atoms with Gasteiger partial charge in [0.2, 0.25) is 0 Å². The molecular formula is C20H18Br2N4O6. The zero-order valence-electron chi connectivity index (χ0n) is 16.7. The van der Waals surface area contributed by atoms with Crippen molar-refractivity contribution in [2.75, 3.05) is 39.4 Å². The Balaban J connectivity index is 1.40. The van der Waals surface area contributed by atoms with Crippen molar-refractivity contribution in [2.45, 2.75) is 0 Å². The number of carbonyl (C=O) groups excluding carboxylic acids is 4. The summed E-state index contributed by atoms with van der Waals surface area (Å²) in [4.78, 5) is 59.4. The van der Waals surface area contributed by atoms with E-state index < -0.39 is 25.2 Å². The predicted molar refractivity (Wildman–Crippen MR) is 118 cm³/mol. The van der Waals surface area contributed by atoms with E-state index in [2.05, 4.69) is 41.8 Å². The zero-order valence-corrected chi connectivity index (χ0v) is 19.9. The maximum Gasteiger partial charge on any atom is 0.340 e. The lowest BCUT2D eigenvalue weighted by Crippen LogP contribution is -2.52. The van der Waals surface area contributed by atoms with Gasteiger partial charge in [0.25, 0.3) is 11.8 Å². The van der Waals surface area contributed by atoms with Crippen LogP contribution in [0.3, 0.4) is 0 Å². The third kappa shape index (κ3) is 6.57. The van der Waals surface area contributed by atoms with Crippen molar-refractivity contribution in [3.8, 4) is 0 Å². The van der Waals surface area contributed by atoms with Crippen molar-refractivity contribution in [3.63, 3.8) is 0 Å². The minimum Gasteiger partial charge on any atom is -0.452 e. The number of ether oxygens (including phenoxy) is 2. The minimum atomic E-state index is -0.650. The van der Waals surface area contributed by atoms with E-state index in [-0.39, 0.29) is 49.1 Å². The van der Waals surface area contributed by atoms with Crippen LogP contribution in [0.5, 0.6) is 0 Å². The maximum atomic E-state index is 12.3. The molecular weight excluding hydrogens is 552 g/mol. The smallest absolute Gasteiger partial charge is 0.340 e. The molecule has 0 aliphatic carbocycles. The van der Waals surface area contributed by atoms with Crippen LogP contribution in [0.25, 0.3) is 0 Å². The third-order valence-electron chi connectivity index (χ3n) is 4.52. The first kappa shape index (κ1) is 23.8. The van der Waals surface area contributed by atoms with E-state index >= 15 is 0 Å². The Hall–Kier alpha value is -2.86. The molecule has 1 aliphatic heterocycles. The van der Waals surface area contributed by atoms with Gasteiger partial charge in [0.15, 0.2) is 13.2 Å². The monoisotopic (exact) mass is 568 g/mol. The Labute approximate surface area is 200 Å². The molecule has 168 valence electrons. The molecule has 32 heavy (non-hydrogen) atoms. The molecule has 10 nitrogen and oxygen atoms in total. The molecule has 1 aliphatic rings. The lowest BCUT2D eigenvalue weighted by atomic mass is 10.3.